The van der Waals surface area contributed by atoms with Crippen molar-refractivity contribution >= 4 is 17.6 Å². The standard InChI is InChI=1S/C19H21NO6/c1-11-5-6-17(21)16(7-11)19(23)26-12(2)18(22)20-13-8-14(24-3)10-15(9-13)25-4/h5-10,12,21H,1-4H3,(H,20,22). The van der Waals surface area contributed by atoms with E-state index in [-0.39, 0.29) is 11.3 Å². The molecule has 7 nitrogen and oxygen atoms in total. The smallest absolute Gasteiger partial charge is 0.342 e. The van der Waals surface area contributed by atoms with Crippen LogP contribution in [0.25, 0.3) is 0 Å². The lowest BCUT2D eigenvalue weighted by molar-refractivity contribution is -0.123. The van der Waals surface area contributed by atoms with E-state index in [1.165, 1.54) is 33.3 Å². The van der Waals surface area contributed by atoms with Gasteiger partial charge in [0.1, 0.15) is 22.8 Å². The Kier molecular flexibility index (Phi) is 6.06. The van der Waals surface area contributed by atoms with E-state index in [1.807, 2.05) is 0 Å². The molecular formula is C19H21NO6. The van der Waals surface area contributed by atoms with Gasteiger partial charge in [0.25, 0.3) is 5.91 Å². The molecule has 0 aliphatic heterocycles. The van der Waals surface area contributed by atoms with Crippen LogP contribution in [-0.2, 0) is 9.53 Å². The number of carbonyl (C=O) groups is 2. The summed E-state index contributed by atoms with van der Waals surface area (Å²) in [5, 5.41) is 12.4. The average Bonchev–Trinajstić information content (AvgIpc) is 2.62. The number of nitrogens with one attached hydrogen (secondary N) is 1. The summed E-state index contributed by atoms with van der Waals surface area (Å²) in [6.45, 7) is 3.22. The molecule has 2 aromatic carbocycles. The number of carbonyl (C=O) groups excluding carboxylic acids is 2. The van der Waals surface area contributed by atoms with Gasteiger partial charge in [-0.1, -0.05) is 11.6 Å². The summed E-state index contributed by atoms with van der Waals surface area (Å²) < 4.78 is 15.4. The van der Waals surface area contributed by atoms with Crippen molar-refractivity contribution in [3.05, 3.63) is 47.5 Å². The first-order chi connectivity index (χ1) is 12.3. The van der Waals surface area contributed by atoms with Crippen molar-refractivity contribution in [3.63, 3.8) is 0 Å². The van der Waals surface area contributed by atoms with Crippen molar-refractivity contribution in [2.75, 3.05) is 19.5 Å². The largest absolute Gasteiger partial charge is 0.507 e. The maximum absolute atomic E-state index is 12.3. The Hall–Kier alpha value is -3.22. The lowest BCUT2D eigenvalue weighted by atomic mass is 10.1. The lowest BCUT2D eigenvalue weighted by Gasteiger charge is -2.15. The van der Waals surface area contributed by atoms with E-state index in [1.54, 1.807) is 31.2 Å². The van der Waals surface area contributed by atoms with Crippen LogP contribution in [-0.4, -0.2) is 37.3 Å². The Morgan fingerprint density at radius 2 is 1.65 bits per heavy atom. The Balaban J connectivity index is 2.08. The Morgan fingerprint density at radius 3 is 2.23 bits per heavy atom. The third kappa shape index (κ3) is 4.66. The van der Waals surface area contributed by atoms with Gasteiger partial charge in [0.15, 0.2) is 6.10 Å². The molecule has 0 saturated carbocycles. The number of benzene rings is 2. The highest BCUT2D eigenvalue weighted by Crippen LogP contribution is 2.26. The van der Waals surface area contributed by atoms with Crippen molar-refractivity contribution in [2.45, 2.75) is 20.0 Å². The SMILES string of the molecule is COc1cc(NC(=O)C(C)OC(=O)c2cc(C)ccc2O)cc(OC)c1. The first-order valence-electron chi connectivity index (χ1n) is 7.88. The molecule has 0 radical (unpaired) electrons. The highest BCUT2D eigenvalue weighted by molar-refractivity contribution is 5.98. The number of aryl methyl sites for hydroxylation is 1. The number of anilines is 1. The first kappa shape index (κ1) is 19.1. The second-order valence-electron chi connectivity index (χ2n) is 5.66. The molecule has 0 fully saturated rings. The summed E-state index contributed by atoms with van der Waals surface area (Å²) in [4.78, 5) is 24.5. The van der Waals surface area contributed by atoms with Crippen molar-refractivity contribution in [1.82, 2.24) is 0 Å². The van der Waals surface area contributed by atoms with Crippen LogP contribution in [0.15, 0.2) is 36.4 Å². The molecule has 1 atom stereocenters. The number of hydrogen-bond acceptors (Lipinski definition) is 6. The number of amides is 1. The number of esters is 1. The van der Waals surface area contributed by atoms with E-state index in [0.717, 1.165) is 5.56 Å². The molecule has 26 heavy (non-hydrogen) atoms. The highest BCUT2D eigenvalue weighted by Gasteiger charge is 2.21. The maximum Gasteiger partial charge on any atom is 0.342 e. The number of ether oxygens (including phenoxy) is 3. The van der Waals surface area contributed by atoms with Crippen LogP contribution in [0.1, 0.15) is 22.8 Å². The predicted molar refractivity (Wildman–Crippen MR) is 95.9 cm³/mol. The molecule has 0 saturated heterocycles. The summed E-state index contributed by atoms with van der Waals surface area (Å²) in [5.41, 5.74) is 1.23. The number of hydrogen-bond donors (Lipinski definition) is 2. The summed E-state index contributed by atoms with van der Waals surface area (Å²) in [7, 11) is 3.00. The minimum absolute atomic E-state index is 0.00713. The maximum atomic E-state index is 12.3. The molecule has 7 heteroatoms. The zero-order valence-electron chi connectivity index (χ0n) is 15.0. The fourth-order valence-electron chi connectivity index (χ4n) is 2.21. The molecule has 0 bridgehead atoms. The Morgan fingerprint density at radius 1 is 1.04 bits per heavy atom. The average molecular weight is 359 g/mol. The zero-order chi connectivity index (χ0) is 19.3. The van der Waals surface area contributed by atoms with Crippen LogP contribution in [0.3, 0.4) is 0 Å². The van der Waals surface area contributed by atoms with Crippen molar-refractivity contribution < 1.29 is 28.9 Å². The van der Waals surface area contributed by atoms with Gasteiger partial charge in [0.05, 0.1) is 14.2 Å². The van der Waals surface area contributed by atoms with E-state index in [9.17, 15) is 14.7 Å². The molecule has 0 aliphatic rings. The number of phenols is 1. The topological polar surface area (TPSA) is 94.1 Å². The van der Waals surface area contributed by atoms with Gasteiger partial charge in [-0.05, 0) is 26.0 Å². The molecule has 0 spiro atoms. The molecule has 138 valence electrons. The quantitative estimate of drug-likeness (QED) is 0.770. The van der Waals surface area contributed by atoms with Gasteiger partial charge in [-0.15, -0.1) is 0 Å². The predicted octanol–water partition coefficient (Wildman–Crippen LogP) is 2.90. The summed E-state index contributed by atoms with van der Waals surface area (Å²) in [5.74, 6) is -0.494. The molecule has 0 heterocycles. The highest BCUT2D eigenvalue weighted by atomic mass is 16.5. The van der Waals surface area contributed by atoms with Gasteiger partial charge in [-0.25, -0.2) is 4.79 Å². The van der Waals surface area contributed by atoms with E-state index < -0.39 is 18.0 Å². The van der Waals surface area contributed by atoms with Crippen LogP contribution >= 0.6 is 0 Å². The third-order valence-corrected chi connectivity index (χ3v) is 3.64. The van der Waals surface area contributed by atoms with Gasteiger partial charge < -0.3 is 24.6 Å². The van der Waals surface area contributed by atoms with Crippen LogP contribution in [0.4, 0.5) is 5.69 Å². The summed E-state index contributed by atoms with van der Waals surface area (Å²) in [6.07, 6.45) is -1.07. The normalized spacial score (nSPS) is 11.4. The van der Waals surface area contributed by atoms with Crippen molar-refractivity contribution in [3.8, 4) is 17.2 Å². The van der Waals surface area contributed by atoms with Gasteiger partial charge in [-0.2, -0.15) is 0 Å². The van der Waals surface area contributed by atoms with Crippen molar-refractivity contribution in [2.24, 2.45) is 0 Å². The lowest BCUT2D eigenvalue weighted by Crippen LogP contribution is -2.30. The van der Waals surface area contributed by atoms with E-state index >= 15 is 0 Å². The Bertz CT molecular complexity index is 795. The third-order valence-electron chi connectivity index (χ3n) is 3.64. The molecule has 0 aromatic heterocycles. The summed E-state index contributed by atoms with van der Waals surface area (Å²) >= 11 is 0. The van der Waals surface area contributed by atoms with Gasteiger partial charge >= 0.3 is 5.97 Å². The molecule has 2 rings (SSSR count). The molecule has 0 aliphatic carbocycles. The van der Waals surface area contributed by atoms with Crippen LogP contribution in [0, 0.1) is 6.92 Å². The van der Waals surface area contributed by atoms with E-state index in [4.69, 9.17) is 14.2 Å². The van der Waals surface area contributed by atoms with Gasteiger partial charge in [0, 0.05) is 23.9 Å². The van der Waals surface area contributed by atoms with Crippen LogP contribution in [0.5, 0.6) is 17.2 Å². The Labute approximate surface area is 151 Å². The fourth-order valence-corrected chi connectivity index (χ4v) is 2.21. The monoisotopic (exact) mass is 359 g/mol. The summed E-state index contributed by atoms with van der Waals surface area (Å²) in [6, 6.07) is 9.45. The number of rotatable bonds is 6. The van der Waals surface area contributed by atoms with Crippen LogP contribution < -0.4 is 14.8 Å². The second kappa shape index (κ2) is 8.24. The van der Waals surface area contributed by atoms with Crippen LogP contribution in [0.2, 0.25) is 0 Å². The minimum atomic E-state index is -1.07. The molecule has 1 unspecified atom stereocenters. The van der Waals surface area contributed by atoms with E-state index in [2.05, 4.69) is 5.32 Å². The van der Waals surface area contributed by atoms with Crippen molar-refractivity contribution in [1.29, 1.82) is 0 Å². The molecule has 2 N–H and O–H groups in total. The van der Waals surface area contributed by atoms with Gasteiger partial charge in [0.2, 0.25) is 0 Å². The van der Waals surface area contributed by atoms with E-state index in [0.29, 0.717) is 17.2 Å². The fraction of sp³-hybridized carbons (Fsp3) is 0.263. The molecule has 2 aromatic rings. The molecular weight excluding hydrogens is 338 g/mol. The number of phenolic OH excluding ortho intramolecular Hbond substituents is 1. The molecule has 1 amide bonds. The zero-order valence-corrected chi connectivity index (χ0v) is 15.0. The minimum Gasteiger partial charge on any atom is -0.507 e. The second-order valence-corrected chi connectivity index (χ2v) is 5.66. The van der Waals surface area contributed by atoms with Gasteiger partial charge in [-0.3, -0.25) is 4.79 Å². The first-order valence-corrected chi connectivity index (χ1v) is 7.88. The number of methoxy groups -OCH3 is 2. The number of aromatic hydroxyl groups is 1.